The summed E-state index contributed by atoms with van der Waals surface area (Å²) in [6.45, 7) is 4.69. The summed E-state index contributed by atoms with van der Waals surface area (Å²) in [5, 5.41) is 11.9. The lowest BCUT2D eigenvalue weighted by molar-refractivity contribution is -0.136. The summed E-state index contributed by atoms with van der Waals surface area (Å²) in [6.07, 6.45) is 1.69. The predicted molar refractivity (Wildman–Crippen MR) is 128 cm³/mol. The summed E-state index contributed by atoms with van der Waals surface area (Å²) in [7, 11) is 0. The van der Waals surface area contributed by atoms with Crippen LogP contribution in [0.15, 0.2) is 60.2 Å². The van der Waals surface area contributed by atoms with Crippen LogP contribution in [0.2, 0.25) is 0 Å². The van der Waals surface area contributed by atoms with Gasteiger partial charge >= 0.3 is 12.1 Å². The highest BCUT2D eigenvalue weighted by atomic mass is 16.5. The third kappa shape index (κ3) is 4.98. The van der Waals surface area contributed by atoms with Crippen molar-refractivity contribution in [3.63, 3.8) is 0 Å². The Bertz CT molecular complexity index is 1080. The normalized spacial score (nSPS) is 15.9. The lowest BCUT2D eigenvalue weighted by Gasteiger charge is -2.30. The summed E-state index contributed by atoms with van der Waals surface area (Å²) < 4.78 is 5.63. The summed E-state index contributed by atoms with van der Waals surface area (Å²) in [6, 6.07) is 15.5. The number of ether oxygens (including phenoxy) is 1. The molecule has 2 aromatic carbocycles. The van der Waals surface area contributed by atoms with Gasteiger partial charge in [0, 0.05) is 24.6 Å². The van der Waals surface area contributed by atoms with Crippen LogP contribution in [-0.2, 0) is 14.3 Å². The van der Waals surface area contributed by atoms with E-state index in [1.165, 1.54) is 0 Å². The third-order valence-corrected chi connectivity index (χ3v) is 6.44. The number of rotatable bonds is 7. The van der Waals surface area contributed by atoms with Gasteiger partial charge < -0.3 is 20.1 Å². The Kier molecular flexibility index (Phi) is 7.01. The molecule has 34 heavy (non-hydrogen) atoms. The van der Waals surface area contributed by atoms with E-state index in [2.05, 4.69) is 29.6 Å². The fourth-order valence-corrected chi connectivity index (χ4v) is 4.76. The molecule has 0 aromatic heterocycles. The van der Waals surface area contributed by atoms with Crippen molar-refractivity contribution in [1.82, 2.24) is 10.2 Å². The average molecular weight is 463 g/mol. The Morgan fingerprint density at radius 3 is 2.21 bits per heavy atom. The molecule has 2 amide bonds. The van der Waals surface area contributed by atoms with Crippen molar-refractivity contribution < 1.29 is 24.2 Å². The van der Waals surface area contributed by atoms with Crippen molar-refractivity contribution >= 4 is 18.0 Å². The number of nitrogens with one attached hydrogen (secondary N) is 1. The molecule has 0 spiro atoms. The standard InChI is InChI=1S/C27H30N2O5/c1-17(2)15-24(25(30)29-13-11-18(12-14-29)26(31)32)28-27(33)34-16-23-21-9-5-3-7-19(21)20-8-4-6-10-22(20)23/h3-11,17,23-24H,12-16H2,1-2H3,(H,28,33)(H,31,32)/t24-/m0/s1. The second-order valence-electron chi connectivity index (χ2n) is 9.22. The van der Waals surface area contributed by atoms with E-state index in [9.17, 15) is 14.4 Å². The zero-order valence-electron chi connectivity index (χ0n) is 19.5. The number of aliphatic carboxylic acids is 1. The van der Waals surface area contributed by atoms with Crippen LogP contribution in [0.4, 0.5) is 4.79 Å². The van der Waals surface area contributed by atoms with Gasteiger partial charge in [-0.15, -0.1) is 0 Å². The Morgan fingerprint density at radius 2 is 1.68 bits per heavy atom. The molecule has 1 aliphatic carbocycles. The summed E-state index contributed by atoms with van der Waals surface area (Å²) in [5.74, 6) is -1.05. The van der Waals surface area contributed by atoms with Gasteiger partial charge in [-0.3, -0.25) is 4.79 Å². The number of hydrogen-bond acceptors (Lipinski definition) is 4. The fourth-order valence-electron chi connectivity index (χ4n) is 4.76. The van der Waals surface area contributed by atoms with Crippen molar-refractivity contribution in [3.05, 3.63) is 71.3 Å². The van der Waals surface area contributed by atoms with Crippen molar-refractivity contribution in [3.8, 4) is 11.1 Å². The molecular formula is C27H30N2O5. The number of alkyl carbamates (subject to hydrolysis) is 1. The molecule has 7 nitrogen and oxygen atoms in total. The van der Waals surface area contributed by atoms with Gasteiger partial charge in [0.25, 0.3) is 0 Å². The first-order chi connectivity index (χ1) is 16.3. The van der Waals surface area contributed by atoms with Crippen molar-refractivity contribution in [1.29, 1.82) is 0 Å². The molecule has 2 aromatic rings. The molecule has 1 aliphatic heterocycles. The highest BCUT2D eigenvalue weighted by molar-refractivity contribution is 5.89. The molecule has 2 aliphatic rings. The number of carbonyl (C=O) groups is 3. The molecule has 178 valence electrons. The second-order valence-corrected chi connectivity index (χ2v) is 9.22. The Hall–Kier alpha value is -3.61. The highest BCUT2D eigenvalue weighted by Crippen LogP contribution is 2.44. The zero-order chi connectivity index (χ0) is 24.2. The number of carbonyl (C=O) groups excluding carboxylic acids is 2. The summed E-state index contributed by atoms with van der Waals surface area (Å²) in [5.41, 5.74) is 4.87. The molecule has 2 N–H and O–H groups in total. The van der Waals surface area contributed by atoms with E-state index in [0.717, 1.165) is 22.3 Å². The number of amides is 2. The third-order valence-electron chi connectivity index (χ3n) is 6.44. The van der Waals surface area contributed by atoms with Crippen LogP contribution in [-0.4, -0.2) is 53.7 Å². The van der Waals surface area contributed by atoms with Gasteiger partial charge in [-0.05, 0) is 41.0 Å². The monoisotopic (exact) mass is 462 g/mol. The first-order valence-electron chi connectivity index (χ1n) is 11.7. The number of hydrogen-bond donors (Lipinski definition) is 2. The van der Waals surface area contributed by atoms with Crippen LogP contribution in [0, 0.1) is 5.92 Å². The van der Waals surface area contributed by atoms with E-state index in [-0.39, 0.29) is 30.9 Å². The Morgan fingerprint density at radius 1 is 1.06 bits per heavy atom. The number of carboxylic acid groups (broad SMARTS) is 1. The number of benzene rings is 2. The molecule has 0 bridgehead atoms. The molecule has 0 fully saturated rings. The smallest absolute Gasteiger partial charge is 0.407 e. The van der Waals surface area contributed by atoms with E-state index in [0.29, 0.717) is 25.0 Å². The molecular weight excluding hydrogens is 432 g/mol. The lowest BCUT2D eigenvalue weighted by Crippen LogP contribution is -2.50. The van der Waals surface area contributed by atoms with Crippen LogP contribution in [0.5, 0.6) is 0 Å². The minimum atomic E-state index is -0.956. The highest BCUT2D eigenvalue weighted by Gasteiger charge is 2.31. The van der Waals surface area contributed by atoms with E-state index in [4.69, 9.17) is 9.84 Å². The van der Waals surface area contributed by atoms with E-state index in [1.54, 1.807) is 11.0 Å². The molecule has 7 heteroatoms. The number of nitrogens with zero attached hydrogens (tertiary/aromatic N) is 1. The van der Waals surface area contributed by atoms with Gasteiger partial charge in [0.15, 0.2) is 0 Å². The molecule has 1 heterocycles. The number of carboxylic acids is 1. The van der Waals surface area contributed by atoms with Crippen LogP contribution in [0.1, 0.15) is 43.7 Å². The fraction of sp³-hybridized carbons (Fsp3) is 0.370. The van der Waals surface area contributed by atoms with E-state index < -0.39 is 18.1 Å². The quantitative estimate of drug-likeness (QED) is 0.644. The van der Waals surface area contributed by atoms with Gasteiger partial charge in [-0.2, -0.15) is 0 Å². The first-order valence-corrected chi connectivity index (χ1v) is 11.7. The van der Waals surface area contributed by atoms with Gasteiger partial charge in [-0.25, -0.2) is 9.59 Å². The molecule has 0 unspecified atom stereocenters. The topological polar surface area (TPSA) is 95.9 Å². The molecule has 0 saturated heterocycles. The molecule has 0 saturated carbocycles. The Balaban J connectivity index is 1.41. The molecule has 4 rings (SSSR count). The molecule has 0 radical (unpaired) electrons. The largest absolute Gasteiger partial charge is 0.478 e. The van der Waals surface area contributed by atoms with Crippen LogP contribution >= 0.6 is 0 Å². The summed E-state index contributed by atoms with van der Waals surface area (Å²) >= 11 is 0. The van der Waals surface area contributed by atoms with Crippen molar-refractivity contribution in [2.24, 2.45) is 5.92 Å². The van der Waals surface area contributed by atoms with Crippen LogP contribution < -0.4 is 5.32 Å². The van der Waals surface area contributed by atoms with Gasteiger partial charge in [0.2, 0.25) is 5.91 Å². The zero-order valence-corrected chi connectivity index (χ0v) is 19.5. The van der Waals surface area contributed by atoms with E-state index >= 15 is 0 Å². The molecule has 1 atom stereocenters. The van der Waals surface area contributed by atoms with Gasteiger partial charge in [0.1, 0.15) is 12.6 Å². The number of fused-ring (bicyclic) bond motifs is 3. The maximum absolute atomic E-state index is 13.1. The van der Waals surface area contributed by atoms with Crippen LogP contribution in [0.25, 0.3) is 11.1 Å². The SMILES string of the molecule is CC(C)C[C@H](NC(=O)OCC1c2ccccc2-c2ccccc21)C(=O)N1CC=C(C(=O)O)CC1. The van der Waals surface area contributed by atoms with Crippen molar-refractivity contribution in [2.75, 3.05) is 19.7 Å². The first kappa shape index (κ1) is 23.5. The second kappa shape index (κ2) is 10.1. The minimum Gasteiger partial charge on any atom is -0.478 e. The van der Waals surface area contributed by atoms with E-state index in [1.807, 2.05) is 38.1 Å². The average Bonchev–Trinajstić information content (AvgIpc) is 3.15. The van der Waals surface area contributed by atoms with Crippen molar-refractivity contribution in [2.45, 2.75) is 38.6 Å². The lowest BCUT2D eigenvalue weighted by atomic mass is 9.98. The van der Waals surface area contributed by atoms with Gasteiger partial charge in [-0.1, -0.05) is 68.5 Å². The maximum atomic E-state index is 13.1. The van der Waals surface area contributed by atoms with Crippen LogP contribution in [0.3, 0.4) is 0 Å². The minimum absolute atomic E-state index is 0.0564. The summed E-state index contributed by atoms with van der Waals surface area (Å²) in [4.78, 5) is 38.6. The maximum Gasteiger partial charge on any atom is 0.407 e. The Labute approximate surface area is 199 Å². The van der Waals surface area contributed by atoms with Gasteiger partial charge in [0.05, 0.1) is 0 Å². The predicted octanol–water partition coefficient (Wildman–Crippen LogP) is 4.18.